The van der Waals surface area contributed by atoms with E-state index >= 15 is 0 Å². The number of carboxylic acid groups (broad SMARTS) is 1. The summed E-state index contributed by atoms with van der Waals surface area (Å²) in [5, 5.41) is 13.2. The monoisotopic (exact) mass is 260 g/mol. The van der Waals surface area contributed by atoms with Crippen molar-refractivity contribution in [1.82, 2.24) is 0 Å². The summed E-state index contributed by atoms with van der Waals surface area (Å²) in [6, 6.07) is 8.05. The molecule has 0 aliphatic carbocycles. The fourth-order valence-electron chi connectivity index (χ4n) is 1.99. The number of carbonyl (C=O) groups is 1. The number of hydrogen-bond donors (Lipinski definition) is 1. The lowest BCUT2D eigenvalue weighted by Gasteiger charge is -2.12. The van der Waals surface area contributed by atoms with Gasteiger partial charge in [-0.2, -0.15) is 11.3 Å². The van der Waals surface area contributed by atoms with Crippen molar-refractivity contribution in [2.75, 3.05) is 0 Å². The second-order valence-electron chi connectivity index (χ2n) is 4.57. The lowest BCUT2D eigenvalue weighted by Crippen LogP contribution is -2.13. The molecule has 2 rings (SSSR count). The van der Waals surface area contributed by atoms with Gasteiger partial charge < -0.3 is 5.11 Å². The molecule has 1 unspecified atom stereocenters. The summed E-state index contributed by atoms with van der Waals surface area (Å²) in [6.45, 7) is 4.12. The second-order valence-corrected chi connectivity index (χ2v) is 5.35. The quantitative estimate of drug-likeness (QED) is 0.908. The van der Waals surface area contributed by atoms with Gasteiger partial charge in [-0.05, 0) is 59.3 Å². The normalized spacial score (nSPS) is 12.3. The Morgan fingerprint density at radius 3 is 2.61 bits per heavy atom. The summed E-state index contributed by atoms with van der Waals surface area (Å²) < 4.78 is 0. The zero-order chi connectivity index (χ0) is 13.1. The Hall–Kier alpha value is -1.61. The van der Waals surface area contributed by atoms with Gasteiger partial charge in [-0.15, -0.1) is 0 Å². The van der Waals surface area contributed by atoms with Gasteiger partial charge in [-0.3, -0.25) is 4.79 Å². The number of rotatable bonds is 4. The van der Waals surface area contributed by atoms with E-state index in [1.165, 1.54) is 22.5 Å². The van der Waals surface area contributed by atoms with Gasteiger partial charge in [0.2, 0.25) is 0 Å². The average Bonchev–Trinajstić information content (AvgIpc) is 2.83. The summed E-state index contributed by atoms with van der Waals surface area (Å²) >= 11 is 1.54. The molecular weight excluding hydrogens is 244 g/mol. The van der Waals surface area contributed by atoms with Crippen LogP contribution < -0.4 is 0 Å². The molecule has 1 aromatic carbocycles. The van der Waals surface area contributed by atoms with Crippen LogP contribution in [0.4, 0.5) is 0 Å². The summed E-state index contributed by atoms with van der Waals surface area (Å²) in [5.41, 5.74) is 4.42. The first kappa shape index (κ1) is 12.8. The molecule has 0 saturated carbocycles. The van der Waals surface area contributed by atoms with Crippen molar-refractivity contribution < 1.29 is 9.90 Å². The Kier molecular flexibility index (Phi) is 3.82. The highest BCUT2D eigenvalue weighted by Gasteiger charge is 2.20. The van der Waals surface area contributed by atoms with Crippen LogP contribution in [0.2, 0.25) is 0 Å². The van der Waals surface area contributed by atoms with Crippen LogP contribution in [0.3, 0.4) is 0 Å². The van der Waals surface area contributed by atoms with Crippen molar-refractivity contribution in [1.29, 1.82) is 0 Å². The number of aliphatic carboxylic acids is 1. The molecule has 0 aliphatic heterocycles. The Bertz CT molecular complexity index is 544. The van der Waals surface area contributed by atoms with Gasteiger partial charge in [-0.25, -0.2) is 0 Å². The van der Waals surface area contributed by atoms with E-state index in [9.17, 15) is 9.90 Å². The first-order valence-electron chi connectivity index (χ1n) is 5.89. The highest BCUT2D eigenvalue weighted by Crippen LogP contribution is 2.24. The maximum atomic E-state index is 11.4. The molecule has 0 amide bonds. The minimum absolute atomic E-state index is 0.446. The molecule has 0 fully saturated rings. The molecule has 0 saturated heterocycles. The Morgan fingerprint density at radius 2 is 2.06 bits per heavy atom. The molecule has 1 aromatic heterocycles. The van der Waals surface area contributed by atoms with E-state index in [1.54, 1.807) is 0 Å². The number of carboxylic acids is 1. The zero-order valence-electron chi connectivity index (χ0n) is 10.5. The average molecular weight is 260 g/mol. The summed E-state index contributed by atoms with van der Waals surface area (Å²) in [7, 11) is 0. The predicted molar refractivity (Wildman–Crippen MR) is 74.3 cm³/mol. The van der Waals surface area contributed by atoms with E-state index in [0.717, 1.165) is 11.1 Å². The Balaban J connectivity index is 2.24. The van der Waals surface area contributed by atoms with Crippen LogP contribution in [0.5, 0.6) is 0 Å². The number of benzene rings is 1. The molecular formula is C15H16O2S. The molecule has 0 aliphatic rings. The molecule has 0 radical (unpaired) electrons. The van der Waals surface area contributed by atoms with Gasteiger partial charge in [0.25, 0.3) is 0 Å². The van der Waals surface area contributed by atoms with Crippen LogP contribution in [-0.2, 0) is 11.2 Å². The lowest BCUT2D eigenvalue weighted by molar-refractivity contribution is -0.138. The van der Waals surface area contributed by atoms with Crippen molar-refractivity contribution in [3.63, 3.8) is 0 Å². The summed E-state index contributed by atoms with van der Waals surface area (Å²) in [5.74, 6) is -1.20. The highest BCUT2D eigenvalue weighted by molar-refractivity contribution is 7.08. The third-order valence-electron chi connectivity index (χ3n) is 3.25. The first-order chi connectivity index (χ1) is 8.58. The van der Waals surface area contributed by atoms with E-state index in [-0.39, 0.29) is 0 Å². The van der Waals surface area contributed by atoms with Crippen molar-refractivity contribution in [2.45, 2.75) is 26.2 Å². The second kappa shape index (κ2) is 5.36. The van der Waals surface area contributed by atoms with Gasteiger partial charge >= 0.3 is 5.97 Å². The molecule has 0 spiro atoms. The maximum absolute atomic E-state index is 11.4. The van der Waals surface area contributed by atoms with Crippen molar-refractivity contribution in [3.05, 3.63) is 57.3 Å². The fourth-order valence-corrected chi connectivity index (χ4v) is 2.70. The van der Waals surface area contributed by atoms with Crippen LogP contribution in [0.25, 0.3) is 0 Å². The van der Waals surface area contributed by atoms with Crippen LogP contribution in [0, 0.1) is 13.8 Å². The molecule has 1 heterocycles. The summed E-state index contributed by atoms with van der Waals surface area (Å²) in [6.07, 6.45) is 0.549. The molecule has 1 atom stereocenters. The largest absolute Gasteiger partial charge is 0.481 e. The van der Waals surface area contributed by atoms with Crippen LogP contribution >= 0.6 is 11.3 Å². The van der Waals surface area contributed by atoms with Gasteiger partial charge in [0.1, 0.15) is 0 Å². The minimum Gasteiger partial charge on any atom is -0.481 e. The van der Waals surface area contributed by atoms with E-state index in [0.29, 0.717) is 6.42 Å². The van der Waals surface area contributed by atoms with E-state index in [4.69, 9.17) is 0 Å². The summed E-state index contributed by atoms with van der Waals surface area (Å²) in [4.78, 5) is 11.4. The van der Waals surface area contributed by atoms with Crippen molar-refractivity contribution >= 4 is 17.3 Å². The van der Waals surface area contributed by atoms with Gasteiger partial charge in [0.05, 0.1) is 5.92 Å². The topological polar surface area (TPSA) is 37.3 Å². The molecule has 2 aromatic rings. The molecule has 0 bridgehead atoms. The fraction of sp³-hybridized carbons (Fsp3) is 0.267. The van der Waals surface area contributed by atoms with Gasteiger partial charge in [-0.1, -0.05) is 18.2 Å². The number of hydrogen-bond acceptors (Lipinski definition) is 2. The Labute approximate surface area is 111 Å². The van der Waals surface area contributed by atoms with Crippen molar-refractivity contribution in [2.24, 2.45) is 0 Å². The molecule has 94 valence electrons. The molecule has 3 heteroatoms. The standard InChI is InChI=1S/C15H16O2S/c1-10-3-4-12(7-11(10)2)8-14(15(16)17)13-5-6-18-9-13/h3-7,9,14H,8H2,1-2H3,(H,16,17). The third-order valence-corrected chi connectivity index (χ3v) is 3.96. The SMILES string of the molecule is Cc1ccc(CC(C(=O)O)c2ccsc2)cc1C. The van der Waals surface area contributed by atoms with E-state index in [1.807, 2.05) is 22.9 Å². The van der Waals surface area contributed by atoms with Gasteiger partial charge in [0, 0.05) is 0 Å². The van der Waals surface area contributed by atoms with E-state index in [2.05, 4.69) is 26.0 Å². The molecule has 2 nitrogen and oxygen atoms in total. The molecule has 18 heavy (non-hydrogen) atoms. The lowest BCUT2D eigenvalue weighted by atomic mass is 9.92. The highest BCUT2D eigenvalue weighted by atomic mass is 32.1. The Morgan fingerprint density at radius 1 is 1.28 bits per heavy atom. The van der Waals surface area contributed by atoms with Gasteiger partial charge in [0.15, 0.2) is 0 Å². The smallest absolute Gasteiger partial charge is 0.311 e. The maximum Gasteiger partial charge on any atom is 0.311 e. The van der Waals surface area contributed by atoms with Crippen LogP contribution in [0.1, 0.15) is 28.2 Å². The zero-order valence-corrected chi connectivity index (χ0v) is 11.3. The first-order valence-corrected chi connectivity index (χ1v) is 6.83. The number of aryl methyl sites for hydroxylation is 2. The predicted octanol–water partition coefficient (Wildman–Crippen LogP) is 3.78. The van der Waals surface area contributed by atoms with Crippen molar-refractivity contribution in [3.8, 4) is 0 Å². The van der Waals surface area contributed by atoms with E-state index < -0.39 is 11.9 Å². The number of thiophene rings is 1. The third kappa shape index (κ3) is 2.79. The minimum atomic E-state index is -0.758. The molecule has 1 N–H and O–H groups in total. The van der Waals surface area contributed by atoms with Crippen LogP contribution in [-0.4, -0.2) is 11.1 Å². The van der Waals surface area contributed by atoms with Crippen LogP contribution in [0.15, 0.2) is 35.0 Å².